The van der Waals surface area contributed by atoms with Crippen molar-refractivity contribution >= 4 is 48.9 Å². The van der Waals surface area contributed by atoms with Crippen LogP contribution in [0.15, 0.2) is 54.6 Å². The first kappa shape index (κ1) is 21.5. The van der Waals surface area contributed by atoms with Crippen LogP contribution in [-0.4, -0.2) is 20.5 Å². The number of hydrogen-bond donors (Lipinski definition) is 1. The second kappa shape index (κ2) is 8.41. The summed E-state index contributed by atoms with van der Waals surface area (Å²) < 4.78 is 60.0. The molecule has 0 spiro atoms. The molecule has 0 radical (unpaired) electrons. The molecule has 0 amide bonds. The number of benzene rings is 3. The quantitative estimate of drug-likeness (QED) is 0.376. The van der Waals surface area contributed by atoms with E-state index in [0.717, 1.165) is 28.1 Å². The van der Waals surface area contributed by atoms with Gasteiger partial charge in [-0.3, -0.25) is 4.72 Å². The highest BCUT2D eigenvalue weighted by Gasteiger charge is 2.16. The van der Waals surface area contributed by atoms with Crippen LogP contribution in [0.4, 0.5) is 14.5 Å². The molecule has 4 rings (SSSR count). The Morgan fingerprint density at radius 2 is 1.81 bits per heavy atom. The molecule has 3 aromatic carbocycles. The normalized spacial score (nSPS) is 11.6. The summed E-state index contributed by atoms with van der Waals surface area (Å²) in [7, 11) is -2.32. The number of rotatable bonds is 6. The molecule has 0 saturated heterocycles. The predicted octanol–water partition coefficient (Wildman–Crippen LogP) is 5.85. The molecule has 0 unspecified atom stereocenters. The lowest BCUT2D eigenvalue weighted by atomic mass is 10.2. The lowest BCUT2D eigenvalue weighted by molar-refractivity contribution is 0.415. The van der Waals surface area contributed by atoms with Crippen molar-refractivity contribution < 1.29 is 21.9 Å². The van der Waals surface area contributed by atoms with Gasteiger partial charge in [-0.25, -0.2) is 22.2 Å². The monoisotopic (exact) mass is 480 g/mol. The molecular weight excluding hydrogens is 466 g/mol. The number of sulfonamides is 1. The Kier molecular flexibility index (Phi) is 5.83. The molecule has 5 nitrogen and oxygen atoms in total. The SMILES string of the molecule is COc1ccc2nc(-c3ccc(NS(=O)(=O)Cc4cc(F)cc(F)c4)cc3Cl)sc2c1. The largest absolute Gasteiger partial charge is 0.497 e. The third-order valence-corrected chi connectivity index (χ3v) is 6.97. The molecule has 1 N–H and O–H groups in total. The number of ether oxygens (including phenoxy) is 1. The van der Waals surface area contributed by atoms with E-state index in [-0.39, 0.29) is 11.3 Å². The van der Waals surface area contributed by atoms with Crippen LogP contribution in [0.3, 0.4) is 0 Å². The smallest absolute Gasteiger partial charge is 0.236 e. The van der Waals surface area contributed by atoms with Gasteiger partial charge in [0, 0.05) is 11.6 Å². The average molecular weight is 481 g/mol. The Hall–Kier alpha value is -2.75. The first-order chi connectivity index (χ1) is 14.7. The summed E-state index contributed by atoms with van der Waals surface area (Å²) in [4.78, 5) is 4.56. The van der Waals surface area contributed by atoms with E-state index in [2.05, 4.69) is 9.71 Å². The lowest BCUT2D eigenvalue weighted by Crippen LogP contribution is -2.15. The fourth-order valence-electron chi connectivity index (χ4n) is 3.03. The molecular formula is C21H15ClF2N2O3S2. The van der Waals surface area contributed by atoms with Crippen LogP contribution in [0.25, 0.3) is 20.8 Å². The first-order valence-electron chi connectivity index (χ1n) is 8.92. The van der Waals surface area contributed by atoms with Gasteiger partial charge in [-0.05, 0) is 54.1 Å². The van der Waals surface area contributed by atoms with Gasteiger partial charge in [0.15, 0.2) is 0 Å². The molecule has 4 aromatic rings. The number of nitrogens with one attached hydrogen (secondary N) is 1. The van der Waals surface area contributed by atoms with Crippen LogP contribution in [0.5, 0.6) is 5.75 Å². The number of halogens is 3. The van der Waals surface area contributed by atoms with Gasteiger partial charge in [-0.15, -0.1) is 11.3 Å². The highest BCUT2D eigenvalue weighted by molar-refractivity contribution is 7.91. The van der Waals surface area contributed by atoms with E-state index >= 15 is 0 Å². The Labute approximate surface area is 186 Å². The van der Waals surface area contributed by atoms with Gasteiger partial charge in [0.05, 0.1) is 33.8 Å². The van der Waals surface area contributed by atoms with Gasteiger partial charge in [0.2, 0.25) is 10.0 Å². The van der Waals surface area contributed by atoms with Crippen molar-refractivity contribution in [3.05, 3.63) is 76.8 Å². The van der Waals surface area contributed by atoms with Gasteiger partial charge in [0.25, 0.3) is 0 Å². The minimum Gasteiger partial charge on any atom is -0.497 e. The average Bonchev–Trinajstić information content (AvgIpc) is 3.09. The molecule has 0 bridgehead atoms. The zero-order valence-electron chi connectivity index (χ0n) is 16.0. The van der Waals surface area contributed by atoms with Gasteiger partial charge >= 0.3 is 0 Å². The van der Waals surface area contributed by atoms with E-state index in [0.29, 0.717) is 21.7 Å². The van der Waals surface area contributed by atoms with Crippen LogP contribution in [0.1, 0.15) is 5.56 Å². The zero-order valence-corrected chi connectivity index (χ0v) is 18.4. The van der Waals surface area contributed by atoms with Crippen molar-refractivity contribution in [3.8, 4) is 16.3 Å². The van der Waals surface area contributed by atoms with Gasteiger partial charge in [-0.2, -0.15) is 0 Å². The number of methoxy groups -OCH3 is 1. The Bertz CT molecular complexity index is 1370. The molecule has 1 heterocycles. The summed E-state index contributed by atoms with van der Waals surface area (Å²) in [6, 6.07) is 12.8. The minimum absolute atomic E-state index is 0.00220. The molecule has 0 aliphatic heterocycles. The number of anilines is 1. The van der Waals surface area contributed by atoms with Crippen molar-refractivity contribution in [3.63, 3.8) is 0 Å². The van der Waals surface area contributed by atoms with Crippen molar-refractivity contribution in [2.24, 2.45) is 0 Å². The zero-order chi connectivity index (χ0) is 22.2. The van der Waals surface area contributed by atoms with E-state index in [1.165, 1.54) is 17.4 Å². The van der Waals surface area contributed by atoms with Crippen LogP contribution in [0, 0.1) is 11.6 Å². The Morgan fingerprint density at radius 3 is 2.48 bits per heavy atom. The van der Waals surface area contributed by atoms with E-state index in [1.54, 1.807) is 19.2 Å². The van der Waals surface area contributed by atoms with Crippen LogP contribution in [0.2, 0.25) is 5.02 Å². The van der Waals surface area contributed by atoms with Crippen molar-refractivity contribution in [1.29, 1.82) is 0 Å². The number of nitrogens with zero attached hydrogens (tertiary/aromatic N) is 1. The maximum atomic E-state index is 13.3. The molecule has 10 heteroatoms. The van der Waals surface area contributed by atoms with Gasteiger partial charge in [-0.1, -0.05) is 11.6 Å². The second-order valence-corrected chi connectivity index (χ2v) is 9.85. The topological polar surface area (TPSA) is 68.3 Å². The van der Waals surface area contributed by atoms with E-state index in [1.807, 2.05) is 18.2 Å². The molecule has 31 heavy (non-hydrogen) atoms. The summed E-state index contributed by atoms with van der Waals surface area (Å²) in [5.74, 6) is -1.55. The maximum absolute atomic E-state index is 13.3. The lowest BCUT2D eigenvalue weighted by Gasteiger charge is -2.10. The highest BCUT2D eigenvalue weighted by Crippen LogP contribution is 2.37. The molecule has 0 saturated carbocycles. The maximum Gasteiger partial charge on any atom is 0.236 e. The highest BCUT2D eigenvalue weighted by atomic mass is 35.5. The molecule has 0 atom stereocenters. The third-order valence-electron chi connectivity index (χ3n) is 4.35. The fraction of sp³-hybridized carbons (Fsp3) is 0.0952. The molecule has 160 valence electrons. The third kappa shape index (κ3) is 4.95. The van der Waals surface area contributed by atoms with E-state index < -0.39 is 27.4 Å². The number of aromatic nitrogens is 1. The van der Waals surface area contributed by atoms with Gasteiger partial charge < -0.3 is 4.74 Å². The van der Waals surface area contributed by atoms with Crippen molar-refractivity contribution in [1.82, 2.24) is 4.98 Å². The number of fused-ring (bicyclic) bond motifs is 1. The van der Waals surface area contributed by atoms with E-state index in [4.69, 9.17) is 16.3 Å². The van der Waals surface area contributed by atoms with E-state index in [9.17, 15) is 17.2 Å². The molecule has 0 aliphatic carbocycles. The Morgan fingerprint density at radius 1 is 1.06 bits per heavy atom. The fourth-order valence-corrected chi connectivity index (χ4v) is 5.55. The summed E-state index contributed by atoms with van der Waals surface area (Å²) in [6.07, 6.45) is 0. The van der Waals surface area contributed by atoms with Crippen molar-refractivity contribution in [2.75, 3.05) is 11.8 Å². The van der Waals surface area contributed by atoms with Crippen LogP contribution in [-0.2, 0) is 15.8 Å². The summed E-state index contributed by atoms with van der Waals surface area (Å²) in [5, 5.41) is 0.987. The Balaban J connectivity index is 1.57. The first-order valence-corrected chi connectivity index (χ1v) is 11.8. The summed E-state index contributed by atoms with van der Waals surface area (Å²) in [6.45, 7) is 0. The number of hydrogen-bond acceptors (Lipinski definition) is 5. The van der Waals surface area contributed by atoms with Crippen LogP contribution < -0.4 is 9.46 Å². The van der Waals surface area contributed by atoms with Crippen LogP contribution >= 0.6 is 22.9 Å². The minimum atomic E-state index is -3.91. The standard InChI is InChI=1S/C21H15ClF2N2O3S2/c1-29-16-3-5-19-20(10-16)30-21(25-19)17-4-2-15(9-18(17)22)26-31(27,28)11-12-6-13(23)8-14(24)7-12/h2-10,26H,11H2,1H3. The molecule has 1 aromatic heterocycles. The summed E-state index contributed by atoms with van der Waals surface area (Å²) >= 11 is 7.82. The second-order valence-electron chi connectivity index (χ2n) is 6.69. The molecule has 0 fully saturated rings. The number of thiazole rings is 1. The van der Waals surface area contributed by atoms with Gasteiger partial charge in [0.1, 0.15) is 22.4 Å². The molecule has 0 aliphatic rings. The summed E-state index contributed by atoms with van der Waals surface area (Å²) in [5.41, 5.74) is 1.67. The predicted molar refractivity (Wildman–Crippen MR) is 119 cm³/mol. The van der Waals surface area contributed by atoms with Crippen molar-refractivity contribution in [2.45, 2.75) is 5.75 Å².